The van der Waals surface area contributed by atoms with Gasteiger partial charge in [0, 0.05) is 5.38 Å². The number of carbonyl (C=O) groups excluding carboxylic acids is 1. The molecular formula is C18H16F2N2O2S. The number of hydrogen-bond acceptors (Lipinski definition) is 4. The van der Waals surface area contributed by atoms with Gasteiger partial charge in [-0.1, -0.05) is 6.07 Å². The van der Waals surface area contributed by atoms with Crippen molar-refractivity contribution in [2.24, 2.45) is 0 Å². The van der Waals surface area contributed by atoms with Gasteiger partial charge in [-0.25, -0.2) is 13.8 Å². The van der Waals surface area contributed by atoms with Crippen molar-refractivity contribution in [1.82, 2.24) is 10.3 Å². The molecule has 2 aromatic heterocycles. The molecule has 7 heteroatoms. The number of nitrogens with one attached hydrogen (secondary N) is 1. The molecule has 1 amide bonds. The van der Waals surface area contributed by atoms with Crippen LogP contribution in [-0.2, 0) is 11.2 Å². The van der Waals surface area contributed by atoms with Gasteiger partial charge in [0.05, 0.1) is 18.2 Å². The Morgan fingerprint density at radius 3 is 2.76 bits per heavy atom. The van der Waals surface area contributed by atoms with Gasteiger partial charge in [0.2, 0.25) is 5.91 Å². The van der Waals surface area contributed by atoms with Crippen molar-refractivity contribution in [3.63, 3.8) is 0 Å². The SMILES string of the molecule is Cc1ccc(-c2nc(CC(=O)N[C@@H](C)c3ccc(F)c(F)c3)cs2)o1. The fourth-order valence-corrected chi connectivity index (χ4v) is 3.15. The molecule has 0 saturated heterocycles. The molecule has 2 heterocycles. The lowest BCUT2D eigenvalue weighted by atomic mass is 10.1. The summed E-state index contributed by atoms with van der Waals surface area (Å²) < 4.78 is 31.8. The van der Waals surface area contributed by atoms with Crippen LogP contribution in [0.15, 0.2) is 40.1 Å². The van der Waals surface area contributed by atoms with E-state index in [9.17, 15) is 13.6 Å². The zero-order valence-electron chi connectivity index (χ0n) is 13.7. The molecule has 1 N–H and O–H groups in total. The van der Waals surface area contributed by atoms with Gasteiger partial charge in [0.1, 0.15) is 5.76 Å². The third-order valence-corrected chi connectivity index (χ3v) is 4.57. The number of hydrogen-bond donors (Lipinski definition) is 1. The van der Waals surface area contributed by atoms with Crippen LogP contribution in [0.25, 0.3) is 10.8 Å². The van der Waals surface area contributed by atoms with Crippen molar-refractivity contribution in [1.29, 1.82) is 0 Å². The highest BCUT2D eigenvalue weighted by Crippen LogP contribution is 2.25. The molecule has 1 aromatic carbocycles. The van der Waals surface area contributed by atoms with E-state index in [-0.39, 0.29) is 12.3 Å². The van der Waals surface area contributed by atoms with Crippen LogP contribution in [0.5, 0.6) is 0 Å². The highest BCUT2D eigenvalue weighted by molar-refractivity contribution is 7.13. The van der Waals surface area contributed by atoms with Crippen LogP contribution in [-0.4, -0.2) is 10.9 Å². The van der Waals surface area contributed by atoms with Gasteiger partial charge >= 0.3 is 0 Å². The van der Waals surface area contributed by atoms with Gasteiger partial charge in [-0.2, -0.15) is 0 Å². The maximum atomic E-state index is 13.3. The van der Waals surface area contributed by atoms with Crippen molar-refractivity contribution in [2.45, 2.75) is 26.3 Å². The molecule has 3 aromatic rings. The Morgan fingerprint density at radius 2 is 2.08 bits per heavy atom. The normalized spacial score (nSPS) is 12.2. The summed E-state index contributed by atoms with van der Waals surface area (Å²) >= 11 is 1.40. The Kier molecular flexibility index (Phi) is 4.94. The monoisotopic (exact) mass is 362 g/mol. The topological polar surface area (TPSA) is 55.1 Å². The molecular weight excluding hydrogens is 346 g/mol. The van der Waals surface area contributed by atoms with E-state index in [4.69, 9.17) is 4.42 Å². The summed E-state index contributed by atoms with van der Waals surface area (Å²) in [5, 5.41) is 5.27. The van der Waals surface area contributed by atoms with E-state index in [1.807, 2.05) is 19.1 Å². The van der Waals surface area contributed by atoms with Crippen molar-refractivity contribution in [3.05, 3.63) is 64.4 Å². The molecule has 0 saturated carbocycles. The second-order valence-corrected chi connectivity index (χ2v) is 6.55. The predicted molar refractivity (Wildman–Crippen MR) is 91.2 cm³/mol. The van der Waals surface area contributed by atoms with E-state index in [0.717, 1.165) is 17.9 Å². The summed E-state index contributed by atoms with van der Waals surface area (Å²) in [5.74, 6) is -0.624. The van der Waals surface area contributed by atoms with E-state index in [1.54, 1.807) is 12.3 Å². The lowest BCUT2D eigenvalue weighted by molar-refractivity contribution is -0.121. The van der Waals surface area contributed by atoms with Crippen molar-refractivity contribution in [3.8, 4) is 10.8 Å². The Bertz CT molecular complexity index is 904. The molecule has 130 valence electrons. The highest BCUT2D eigenvalue weighted by Gasteiger charge is 2.15. The largest absolute Gasteiger partial charge is 0.459 e. The van der Waals surface area contributed by atoms with Gasteiger partial charge in [0.25, 0.3) is 0 Å². The Labute approximate surface area is 147 Å². The molecule has 0 spiro atoms. The van der Waals surface area contributed by atoms with E-state index in [1.165, 1.54) is 17.4 Å². The summed E-state index contributed by atoms with van der Waals surface area (Å²) in [7, 11) is 0. The minimum absolute atomic E-state index is 0.101. The highest BCUT2D eigenvalue weighted by atomic mass is 32.1. The summed E-state index contributed by atoms with van der Waals surface area (Å²) in [6.07, 6.45) is 0.101. The van der Waals surface area contributed by atoms with Crippen molar-refractivity contribution in [2.75, 3.05) is 0 Å². The second kappa shape index (κ2) is 7.14. The average molecular weight is 362 g/mol. The van der Waals surface area contributed by atoms with Gasteiger partial charge in [-0.15, -0.1) is 11.3 Å². The number of aromatic nitrogens is 1. The predicted octanol–water partition coefficient (Wildman–Crippen LogP) is 4.41. The lowest BCUT2D eigenvalue weighted by Gasteiger charge is -2.14. The molecule has 0 aliphatic rings. The Balaban J connectivity index is 1.62. The maximum absolute atomic E-state index is 13.3. The molecule has 0 aliphatic carbocycles. The van der Waals surface area contributed by atoms with Crippen LogP contribution in [0, 0.1) is 18.6 Å². The third kappa shape index (κ3) is 4.11. The number of nitrogens with zero attached hydrogens (tertiary/aromatic N) is 1. The zero-order valence-corrected chi connectivity index (χ0v) is 14.5. The van der Waals surface area contributed by atoms with E-state index >= 15 is 0 Å². The quantitative estimate of drug-likeness (QED) is 0.731. The molecule has 4 nitrogen and oxygen atoms in total. The molecule has 0 fully saturated rings. The summed E-state index contributed by atoms with van der Waals surface area (Å²) in [6.45, 7) is 3.56. The number of aryl methyl sites for hydroxylation is 1. The number of carbonyl (C=O) groups is 1. The first-order valence-electron chi connectivity index (χ1n) is 7.68. The van der Waals surface area contributed by atoms with Crippen LogP contribution in [0.4, 0.5) is 8.78 Å². The minimum atomic E-state index is -0.934. The fraction of sp³-hybridized carbons (Fsp3) is 0.222. The minimum Gasteiger partial charge on any atom is -0.459 e. The lowest BCUT2D eigenvalue weighted by Crippen LogP contribution is -2.28. The first-order chi connectivity index (χ1) is 11.9. The fourth-order valence-electron chi connectivity index (χ4n) is 2.37. The number of halogens is 2. The van der Waals surface area contributed by atoms with Gasteiger partial charge in [0.15, 0.2) is 22.4 Å². The molecule has 25 heavy (non-hydrogen) atoms. The van der Waals surface area contributed by atoms with E-state index in [0.29, 0.717) is 22.0 Å². The Hall–Kier alpha value is -2.54. The van der Waals surface area contributed by atoms with Crippen LogP contribution in [0.3, 0.4) is 0 Å². The van der Waals surface area contributed by atoms with Gasteiger partial charge in [-0.05, 0) is 43.7 Å². The summed E-state index contributed by atoms with van der Waals surface area (Å²) in [5.41, 5.74) is 1.13. The third-order valence-electron chi connectivity index (χ3n) is 3.67. The number of amides is 1. The number of rotatable bonds is 5. The van der Waals surface area contributed by atoms with Crippen molar-refractivity contribution < 1.29 is 18.0 Å². The summed E-state index contributed by atoms with van der Waals surface area (Å²) in [6, 6.07) is 6.83. The van der Waals surface area contributed by atoms with E-state index in [2.05, 4.69) is 10.3 Å². The standard InChI is InChI=1S/C18H16F2N2O2S/c1-10-3-6-16(24-10)18-22-13(9-25-18)8-17(23)21-11(2)12-4-5-14(19)15(20)7-12/h3-7,9,11H,8H2,1-2H3,(H,21,23)/t11-/m0/s1. The smallest absolute Gasteiger partial charge is 0.226 e. The summed E-state index contributed by atoms with van der Waals surface area (Å²) in [4.78, 5) is 16.6. The molecule has 0 aliphatic heterocycles. The van der Waals surface area contributed by atoms with Crippen LogP contribution in [0.2, 0.25) is 0 Å². The number of furan rings is 1. The number of thiazole rings is 1. The number of benzene rings is 1. The maximum Gasteiger partial charge on any atom is 0.226 e. The van der Waals surface area contributed by atoms with Crippen LogP contribution >= 0.6 is 11.3 Å². The molecule has 0 bridgehead atoms. The van der Waals surface area contributed by atoms with Crippen LogP contribution < -0.4 is 5.32 Å². The average Bonchev–Trinajstić information content (AvgIpc) is 3.18. The first-order valence-corrected chi connectivity index (χ1v) is 8.56. The second-order valence-electron chi connectivity index (χ2n) is 5.69. The molecule has 3 rings (SSSR count). The molecule has 1 atom stereocenters. The zero-order chi connectivity index (χ0) is 18.0. The van der Waals surface area contributed by atoms with E-state index < -0.39 is 17.7 Å². The first kappa shape index (κ1) is 17.3. The van der Waals surface area contributed by atoms with Gasteiger partial charge < -0.3 is 9.73 Å². The molecule has 0 radical (unpaired) electrons. The van der Waals surface area contributed by atoms with Crippen molar-refractivity contribution >= 4 is 17.2 Å². The van der Waals surface area contributed by atoms with Gasteiger partial charge in [-0.3, -0.25) is 4.79 Å². The molecule has 0 unspecified atom stereocenters. The van der Waals surface area contributed by atoms with Crippen LogP contribution in [0.1, 0.15) is 30.0 Å². The Morgan fingerprint density at radius 1 is 1.28 bits per heavy atom.